The first kappa shape index (κ1) is 18.3. The third kappa shape index (κ3) is 3.27. The smallest absolute Gasteiger partial charge is 0.128 e. The van der Waals surface area contributed by atoms with Gasteiger partial charge < -0.3 is 4.74 Å². The van der Waals surface area contributed by atoms with Crippen molar-refractivity contribution >= 4 is 33.9 Å². The molecular formula is C23H20ClN3O. The number of para-hydroxylation sites is 2. The van der Waals surface area contributed by atoms with E-state index in [-0.39, 0.29) is 0 Å². The maximum atomic E-state index is 6.49. The molecule has 0 amide bonds. The first-order valence-corrected chi connectivity index (χ1v) is 9.56. The summed E-state index contributed by atoms with van der Waals surface area (Å²) >= 11 is 6.49. The fraction of sp³-hybridized carbons (Fsp3) is 0.130. The molecule has 0 bridgehead atoms. The van der Waals surface area contributed by atoms with Crippen molar-refractivity contribution in [2.24, 2.45) is 0 Å². The molecule has 0 atom stereocenters. The topological polar surface area (TPSA) is 39.9 Å². The molecule has 0 aliphatic heterocycles. The first-order chi connectivity index (χ1) is 13.7. The van der Waals surface area contributed by atoms with Crippen LogP contribution in [0.15, 0.2) is 72.8 Å². The molecule has 28 heavy (non-hydrogen) atoms. The van der Waals surface area contributed by atoms with E-state index < -0.39 is 0 Å². The van der Waals surface area contributed by atoms with E-state index in [4.69, 9.17) is 16.3 Å². The van der Waals surface area contributed by atoms with E-state index >= 15 is 0 Å². The number of hydrogen-bond acceptors (Lipinski definition) is 3. The number of nitrogens with zero attached hydrogens (tertiary/aromatic N) is 3. The van der Waals surface area contributed by atoms with E-state index in [0.29, 0.717) is 5.88 Å². The van der Waals surface area contributed by atoms with Crippen molar-refractivity contribution in [1.82, 2.24) is 15.0 Å². The number of fused-ring (bicyclic) bond motifs is 1. The van der Waals surface area contributed by atoms with Crippen LogP contribution in [0.25, 0.3) is 22.3 Å². The van der Waals surface area contributed by atoms with Crippen LogP contribution in [0.2, 0.25) is 0 Å². The molecule has 0 aliphatic carbocycles. The molecule has 4 aromatic rings. The molecule has 1 aromatic heterocycles. The Morgan fingerprint density at radius 3 is 2.43 bits per heavy atom. The molecule has 1 heterocycles. The number of ether oxygens (including phenoxy) is 1. The molecule has 0 saturated heterocycles. The predicted octanol–water partition coefficient (Wildman–Crippen LogP) is 5.40. The maximum absolute atomic E-state index is 6.49. The summed E-state index contributed by atoms with van der Waals surface area (Å²) in [6.07, 6.45) is 0. The van der Waals surface area contributed by atoms with Gasteiger partial charge in [-0.05, 0) is 36.8 Å². The monoisotopic (exact) mass is 389 g/mol. The number of allylic oxidation sites excluding steroid dienone is 1. The van der Waals surface area contributed by atoms with Crippen molar-refractivity contribution in [2.45, 2.75) is 6.92 Å². The lowest BCUT2D eigenvalue weighted by molar-refractivity contribution is 0.413. The Bertz CT molecular complexity index is 1150. The van der Waals surface area contributed by atoms with E-state index in [9.17, 15) is 0 Å². The standard InChI is InChI=1S/C23H20ClN3O/c1-16-11-13-17(14-12-16)19(15-24)23(18-7-3-6-10-22(18)28-2)27-21-9-5-4-8-20(21)25-26-27/h3-14H,15H2,1-2H3/b23-19+. The second-order valence-electron chi connectivity index (χ2n) is 6.52. The van der Waals surface area contributed by atoms with Gasteiger partial charge in [-0.1, -0.05) is 59.3 Å². The average molecular weight is 390 g/mol. The van der Waals surface area contributed by atoms with Crippen molar-refractivity contribution < 1.29 is 4.74 Å². The molecule has 5 heteroatoms. The molecule has 140 valence electrons. The third-order valence-corrected chi connectivity index (χ3v) is 5.01. The zero-order valence-electron chi connectivity index (χ0n) is 15.8. The van der Waals surface area contributed by atoms with E-state index in [2.05, 4.69) is 41.5 Å². The quantitative estimate of drug-likeness (QED) is 0.338. The van der Waals surface area contributed by atoms with Gasteiger partial charge in [-0.25, -0.2) is 4.68 Å². The summed E-state index contributed by atoms with van der Waals surface area (Å²) in [6.45, 7) is 2.07. The highest BCUT2D eigenvalue weighted by Gasteiger charge is 2.20. The normalized spacial score (nSPS) is 12.1. The van der Waals surface area contributed by atoms with Crippen molar-refractivity contribution in [2.75, 3.05) is 13.0 Å². The summed E-state index contributed by atoms with van der Waals surface area (Å²) in [4.78, 5) is 0. The SMILES string of the molecule is COc1ccccc1/C(=C(/CCl)c1ccc(C)cc1)n1nnc2ccccc21. The minimum Gasteiger partial charge on any atom is -0.496 e. The van der Waals surface area contributed by atoms with Crippen LogP contribution in [0.4, 0.5) is 0 Å². The molecule has 4 rings (SSSR count). The van der Waals surface area contributed by atoms with Crippen LogP contribution in [-0.4, -0.2) is 28.0 Å². The van der Waals surface area contributed by atoms with E-state index in [1.165, 1.54) is 5.56 Å². The Balaban J connectivity index is 2.07. The first-order valence-electron chi connectivity index (χ1n) is 9.03. The van der Waals surface area contributed by atoms with Gasteiger partial charge >= 0.3 is 0 Å². The van der Waals surface area contributed by atoms with E-state index in [1.54, 1.807) is 7.11 Å². The summed E-state index contributed by atoms with van der Waals surface area (Å²) in [5, 5.41) is 8.79. The van der Waals surface area contributed by atoms with Gasteiger partial charge in [-0.2, -0.15) is 0 Å². The number of rotatable bonds is 5. The lowest BCUT2D eigenvalue weighted by Gasteiger charge is -2.17. The van der Waals surface area contributed by atoms with Crippen LogP contribution in [0.5, 0.6) is 5.75 Å². The maximum Gasteiger partial charge on any atom is 0.128 e. The van der Waals surface area contributed by atoms with Gasteiger partial charge in [-0.15, -0.1) is 16.7 Å². The molecule has 0 unspecified atom stereocenters. The highest BCUT2D eigenvalue weighted by molar-refractivity contribution is 6.25. The largest absolute Gasteiger partial charge is 0.496 e. The Morgan fingerprint density at radius 1 is 0.964 bits per heavy atom. The Kier molecular flexibility index (Phi) is 5.13. The fourth-order valence-electron chi connectivity index (χ4n) is 3.31. The zero-order valence-corrected chi connectivity index (χ0v) is 16.5. The predicted molar refractivity (Wildman–Crippen MR) is 115 cm³/mol. The number of hydrogen-bond donors (Lipinski definition) is 0. The van der Waals surface area contributed by atoms with Crippen molar-refractivity contribution in [1.29, 1.82) is 0 Å². The summed E-state index contributed by atoms with van der Waals surface area (Å²) in [6, 6.07) is 24.1. The van der Waals surface area contributed by atoms with Gasteiger partial charge in [0.25, 0.3) is 0 Å². The van der Waals surface area contributed by atoms with Gasteiger partial charge in [-0.3, -0.25) is 0 Å². The fourth-order valence-corrected chi connectivity index (χ4v) is 3.59. The van der Waals surface area contributed by atoms with Crippen LogP contribution in [0, 0.1) is 6.92 Å². The molecule has 0 radical (unpaired) electrons. The summed E-state index contributed by atoms with van der Waals surface area (Å²) in [5.74, 6) is 1.08. The number of halogens is 1. The number of alkyl halides is 1. The molecule has 0 spiro atoms. The minimum absolute atomic E-state index is 0.324. The highest BCUT2D eigenvalue weighted by Crippen LogP contribution is 2.35. The second-order valence-corrected chi connectivity index (χ2v) is 6.78. The number of methoxy groups -OCH3 is 1. The molecule has 3 aromatic carbocycles. The van der Waals surface area contributed by atoms with Crippen LogP contribution in [-0.2, 0) is 0 Å². The van der Waals surface area contributed by atoms with Crippen molar-refractivity contribution in [3.63, 3.8) is 0 Å². The van der Waals surface area contributed by atoms with Gasteiger partial charge in [0, 0.05) is 11.1 Å². The Morgan fingerprint density at radius 2 is 1.68 bits per heavy atom. The second kappa shape index (κ2) is 7.87. The number of benzene rings is 3. The Labute approximate surface area is 169 Å². The van der Waals surface area contributed by atoms with E-state index in [1.807, 2.05) is 53.2 Å². The van der Waals surface area contributed by atoms with Crippen LogP contribution in [0.1, 0.15) is 16.7 Å². The van der Waals surface area contributed by atoms with Crippen molar-refractivity contribution in [3.05, 3.63) is 89.5 Å². The zero-order chi connectivity index (χ0) is 19.5. The van der Waals surface area contributed by atoms with Gasteiger partial charge in [0.2, 0.25) is 0 Å². The summed E-state index contributed by atoms with van der Waals surface area (Å²) in [5.41, 5.74) is 6.72. The average Bonchev–Trinajstić information content (AvgIpc) is 3.16. The van der Waals surface area contributed by atoms with Crippen LogP contribution in [0.3, 0.4) is 0 Å². The van der Waals surface area contributed by atoms with Gasteiger partial charge in [0.1, 0.15) is 11.3 Å². The molecule has 0 fully saturated rings. The minimum atomic E-state index is 0.324. The van der Waals surface area contributed by atoms with Crippen LogP contribution >= 0.6 is 11.6 Å². The molecule has 0 aliphatic rings. The lowest BCUT2D eigenvalue weighted by atomic mass is 9.99. The van der Waals surface area contributed by atoms with E-state index in [0.717, 1.165) is 39.2 Å². The highest BCUT2D eigenvalue weighted by atomic mass is 35.5. The molecule has 4 nitrogen and oxygen atoms in total. The van der Waals surface area contributed by atoms with Gasteiger partial charge in [0.15, 0.2) is 0 Å². The lowest BCUT2D eigenvalue weighted by Crippen LogP contribution is -2.07. The number of aryl methyl sites for hydroxylation is 1. The summed E-state index contributed by atoms with van der Waals surface area (Å²) < 4.78 is 7.50. The Hall–Kier alpha value is -3.11. The summed E-state index contributed by atoms with van der Waals surface area (Å²) in [7, 11) is 1.67. The van der Waals surface area contributed by atoms with Gasteiger partial charge in [0.05, 0.1) is 24.2 Å². The van der Waals surface area contributed by atoms with Crippen molar-refractivity contribution in [3.8, 4) is 5.75 Å². The molecule has 0 N–H and O–H groups in total. The number of aromatic nitrogens is 3. The van der Waals surface area contributed by atoms with Crippen LogP contribution < -0.4 is 4.74 Å². The molecular weight excluding hydrogens is 370 g/mol. The third-order valence-electron chi connectivity index (χ3n) is 4.75. The molecule has 0 saturated carbocycles.